The molecule has 0 amide bonds. The van der Waals surface area contributed by atoms with E-state index in [0.29, 0.717) is 11.3 Å². The molecule has 0 heterocycles. The van der Waals surface area contributed by atoms with Crippen LogP contribution in [0.15, 0.2) is 48.5 Å². The fourth-order valence-electron chi connectivity index (χ4n) is 1.85. The first-order chi connectivity index (χ1) is 10.1. The molecular weight excluding hydrogens is 264 g/mol. The van der Waals surface area contributed by atoms with Crippen LogP contribution < -0.4 is 11.5 Å². The molecule has 2 rings (SSSR count). The molecular formula is C17H18N2O2. The number of nitrogens with two attached hydrogens (primary N) is 2. The van der Waals surface area contributed by atoms with Crippen molar-refractivity contribution in [2.75, 3.05) is 18.1 Å². The van der Waals surface area contributed by atoms with Crippen molar-refractivity contribution in [3.05, 3.63) is 65.2 Å². The van der Waals surface area contributed by atoms with Crippen molar-refractivity contribution in [2.24, 2.45) is 0 Å². The van der Waals surface area contributed by atoms with Gasteiger partial charge < -0.3 is 16.2 Å². The molecule has 108 valence electrons. The Morgan fingerprint density at radius 2 is 1.76 bits per heavy atom. The second kappa shape index (κ2) is 6.61. The Kier molecular flexibility index (Phi) is 4.61. The van der Waals surface area contributed by atoms with Gasteiger partial charge in [-0.25, -0.2) is 4.79 Å². The van der Waals surface area contributed by atoms with Gasteiger partial charge in [0.05, 0.1) is 5.56 Å². The Morgan fingerprint density at radius 3 is 2.48 bits per heavy atom. The Labute approximate surface area is 124 Å². The summed E-state index contributed by atoms with van der Waals surface area (Å²) in [6.07, 6.45) is 3.66. The lowest BCUT2D eigenvalue weighted by molar-refractivity contribution is 0.0549. The summed E-state index contributed by atoms with van der Waals surface area (Å²) in [6, 6.07) is 12.6. The van der Waals surface area contributed by atoms with Crippen LogP contribution in [0, 0.1) is 6.92 Å². The molecule has 4 nitrogen and oxygen atoms in total. The van der Waals surface area contributed by atoms with E-state index in [-0.39, 0.29) is 12.6 Å². The van der Waals surface area contributed by atoms with E-state index >= 15 is 0 Å². The normalized spacial score (nSPS) is 10.7. The minimum Gasteiger partial charge on any atom is -0.458 e. The van der Waals surface area contributed by atoms with Crippen molar-refractivity contribution < 1.29 is 9.53 Å². The Bertz CT molecular complexity index is 661. The van der Waals surface area contributed by atoms with Crippen LogP contribution >= 0.6 is 0 Å². The lowest BCUT2D eigenvalue weighted by Gasteiger charge is -2.06. The van der Waals surface area contributed by atoms with E-state index in [1.165, 1.54) is 0 Å². The fraction of sp³-hybridized carbons (Fsp3) is 0.118. The quantitative estimate of drug-likeness (QED) is 0.667. The molecule has 0 aliphatic rings. The monoisotopic (exact) mass is 282 g/mol. The molecule has 21 heavy (non-hydrogen) atoms. The summed E-state index contributed by atoms with van der Waals surface area (Å²) in [4.78, 5) is 11.9. The van der Waals surface area contributed by atoms with Crippen molar-refractivity contribution in [1.29, 1.82) is 0 Å². The smallest absolute Gasteiger partial charge is 0.338 e. The average molecular weight is 282 g/mol. The number of hydrogen-bond donors (Lipinski definition) is 2. The van der Waals surface area contributed by atoms with E-state index in [2.05, 4.69) is 0 Å². The lowest BCUT2D eigenvalue weighted by atomic mass is 10.1. The first-order valence-electron chi connectivity index (χ1n) is 6.61. The molecule has 0 saturated heterocycles. The topological polar surface area (TPSA) is 78.3 Å². The molecule has 0 unspecified atom stereocenters. The highest BCUT2D eigenvalue weighted by Gasteiger charge is 2.09. The van der Waals surface area contributed by atoms with Gasteiger partial charge in [0.25, 0.3) is 0 Å². The number of carbonyl (C=O) groups excluding carboxylic acids is 1. The van der Waals surface area contributed by atoms with E-state index in [0.717, 1.165) is 16.8 Å². The highest BCUT2D eigenvalue weighted by molar-refractivity contribution is 5.92. The summed E-state index contributed by atoms with van der Waals surface area (Å²) in [7, 11) is 0. The zero-order chi connectivity index (χ0) is 15.2. The summed E-state index contributed by atoms with van der Waals surface area (Å²) in [5.74, 6) is -0.373. The molecule has 0 aromatic heterocycles. The molecule has 0 spiro atoms. The molecule has 0 fully saturated rings. The highest BCUT2D eigenvalue weighted by atomic mass is 16.5. The maximum absolute atomic E-state index is 11.9. The van der Waals surface area contributed by atoms with Crippen LogP contribution in [0.25, 0.3) is 6.08 Å². The molecule has 0 radical (unpaired) electrons. The predicted molar refractivity (Wildman–Crippen MR) is 85.8 cm³/mol. The molecule has 4 N–H and O–H groups in total. The van der Waals surface area contributed by atoms with Crippen molar-refractivity contribution in [3.63, 3.8) is 0 Å². The van der Waals surface area contributed by atoms with Gasteiger partial charge in [-0.1, -0.05) is 24.3 Å². The number of nitrogen functional groups attached to an aromatic ring is 2. The number of benzene rings is 2. The number of rotatable bonds is 4. The lowest BCUT2D eigenvalue weighted by Crippen LogP contribution is -2.07. The van der Waals surface area contributed by atoms with Crippen LogP contribution in [0.5, 0.6) is 0 Å². The Morgan fingerprint density at radius 1 is 1.10 bits per heavy atom. The van der Waals surface area contributed by atoms with Crippen molar-refractivity contribution >= 4 is 23.4 Å². The van der Waals surface area contributed by atoms with E-state index in [4.69, 9.17) is 16.2 Å². The van der Waals surface area contributed by atoms with Gasteiger partial charge in [0, 0.05) is 11.4 Å². The number of hydrogen-bond acceptors (Lipinski definition) is 4. The zero-order valence-electron chi connectivity index (χ0n) is 11.9. The van der Waals surface area contributed by atoms with Gasteiger partial charge in [-0.05, 0) is 48.4 Å². The fourth-order valence-corrected chi connectivity index (χ4v) is 1.85. The second-order valence-corrected chi connectivity index (χ2v) is 4.74. The predicted octanol–water partition coefficient (Wildman–Crippen LogP) is 3.03. The van der Waals surface area contributed by atoms with Gasteiger partial charge in [-0.2, -0.15) is 0 Å². The van der Waals surface area contributed by atoms with Gasteiger partial charge in [0.1, 0.15) is 6.61 Å². The van der Waals surface area contributed by atoms with E-state index < -0.39 is 0 Å². The minimum atomic E-state index is -0.373. The molecule has 4 heteroatoms. The van der Waals surface area contributed by atoms with E-state index in [1.54, 1.807) is 24.3 Å². The number of anilines is 2. The van der Waals surface area contributed by atoms with Crippen LogP contribution in [-0.4, -0.2) is 12.6 Å². The number of carbonyl (C=O) groups is 1. The molecule has 0 aliphatic heterocycles. The summed E-state index contributed by atoms with van der Waals surface area (Å²) < 4.78 is 5.20. The molecule has 2 aromatic rings. The third kappa shape index (κ3) is 4.11. The standard InChI is InChI=1S/C17H18N2O2/c1-12-4-7-15(19)11-16(12)17(20)21-10-2-3-13-5-8-14(18)9-6-13/h2-9,11H,10,18-19H2,1H3/b3-2+. The van der Waals surface area contributed by atoms with Crippen molar-refractivity contribution in [1.82, 2.24) is 0 Å². The summed E-state index contributed by atoms with van der Waals surface area (Å²) >= 11 is 0. The second-order valence-electron chi connectivity index (χ2n) is 4.74. The van der Waals surface area contributed by atoms with Gasteiger partial charge in [0.15, 0.2) is 0 Å². The van der Waals surface area contributed by atoms with Crippen LogP contribution in [0.1, 0.15) is 21.5 Å². The van der Waals surface area contributed by atoms with Crippen LogP contribution in [0.2, 0.25) is 0 Å². The minimum absolute atomic E-state index is 0.206. The van der Waals surface area contributed by atoms with Gasteiger partial charge in [0.2, 0.25) is 0 Å². The maximum atomic E-state index is 11.9. The first kappa shape index (κ1) is 14.7. The molecule has 0 aliphatic carbocycles. The molecule has 0 atom stereocenters. The van der Waals surface area contributed by atoms with E-state index in [1.807, 2.05) is 37.3 Å². The number of aryl methyl sites for hydroxylation is 1. The highest BCUT2D eigenvalue weighted by Crippen LogP contribution is 2.14. The molecule has 0 saturated carbocycles. The Balaban J connectivity index is 1.92. The molecule has 0 bridgehead atoms. The maximum Gasteiger partial charge on any atom is 0.338 e. The van der Waals surface area contributed by atoms with Crippen LogP contribution in [0.4, 0.5) is 11.4 Å². The first-order valence-corrected chi connectivity index (χ1v) is 6.61. The summed E-state index contributed by atoms with van der Waals surface area (Å²) in [5, 5.41) is 0. The average Bonchev–Trinajstić information content (AvgIpc) is 2.47. The van der Waals surface area contributed by atoms with Crippen LogP contribution in [-0.2, 0) is 4.74 Å². The number of esters is 1. The molecule has 2 aromatic carbocycles. The number of ether oxygens (including phenoxy) is 1. The van der Waals surface area contributed by atoms with Gasteiger partial charge >= 0.3 is 5.97 Å². The van der Waals surface area contributed by atoms with Crippen molar-refractivity contribution in [3.8, 4) is 0 Å². The van der Waals surface area contributed by atoms with Crippen molar-refractivity contribution in [2.45, 2.75) is 6.92 Å². The van der Waals surface area contributed by atoms with E-state index in [9.17, 15) is 4.79 Å². The van der Waals surface area contributed by atoms with Gasteiger partial charge in [-0.15, -0.1) is 0 Å². The zero-order valence-corrected chi connectivity index (χ0v) is 11.9. The summed E-state index contributed by atoms with van der Waals surface area (Å²) in [5.41, 5.74) is 14.9. The van der Waals surface area contributed by atoms with Gasteiger partial charge in [-0.3, -0.25) is 0 Å². The third-order valence-electron chi connectivity index (χ3n) is 3.04. The third-order valence-corrected chi connectivity index (χ3v) is 3.04. The summed E-state index contributed by atoms with van der Waals surface area (Å²) in [6.45, 7) is 2.05. The van der Waals surface area contributed by atoms with Crippen LogP contribution in [0.3, 0.4) is 0 Å². The largest absolute Gasteiger partial charge is 0.458 e. The Hall–Kier alpha value is -2.75. The SMILES string of the molecule is Cc1ccc(N)cc1C(=O)OC/C=C/c1ccc(N)cc1.